The second kappa shape index (κ2) is 34.1. The Morgan fingerprint density at radius 2 is 0.500 bits per heavy atom. The molecule has 6 nitrogen and oxygen atoms in total. The first-order chi connectivity index (χ1) is 10.9. The van der Waals surface area contributed by atoms with Gasteiger partial charge in [-0.15, -0.1) is 0 Å². The molecule has 0 rings (SSSR count). The summed E-state index contributed by atoms with van der Waals surface area (Å²) in [7, 11) is -2.98. The zero-order valence-electron chi connectivity index (χ0n) is 20.7. The summed E-state index contributed by atoms with van der Waals surface area (Å²) in [5, 5.41) is 30.4. The monoisotopic (exact) mass is 654 g/mol. The Morgan fingerprint density at radius 3 is 0.500 bits per heavy atom. The molecule has 0 unspecified atom stereocenters. The fourth-order valence-corrected chi connectivity index (χ4v) is 0. The summed E-state index contributed by atoms with van der Waals surface area (Å²) < 4.78 is 0. The Kier molecular flexibility index (Phi) is 63.7. The molecule has 0 fully saturated rings. The molecule has 0 aliphatic carbocycles. The van der Waals surface area contributed by atoms with Gasteiger partial charge in [-0.3, -0.25) is 0 Å². The van der Waals surface area contributed by atoms with E-state index in [1.165, 1.54) is 13.8 Å². The fraction of sp³-hybridized carbons (Fsp3) is 1.00. The van der Waals surface area contributed by atoms with Crippen LogP contribution in [0.3, 0.4) is 0 Å². The first kappa shape index (κ1) is 52.4. The van der Waals surface area contributed by atoms with E-state index in [1.807, 2.05) is 39.3 Å². The van der Waals surface area contributed by atoms with Gasteiger partial charge >= 0.3 is 0 Å². The third-order valence-electron chi connectivity index (χ3n) is 0. The molecule has 0 aromatic rings. The quantitative estimate of drug-likeness (QED) is 0.136. The topological polar surface area (TPSA) is 121 Å². The van der Waals surface area contributed by atoms with Gasteiger partial charge in [0, 0.05) is 82.1 Å². The number of hydrogen-bond donors (Lipinski definition) is 6. The summed E-state index contributed by atoms with van der Waals surface area (Å²) in [5.41, 5.74) is 0. The minimum Gasteiger partial charge on any atom is -0.433 e. The van der Waals surface area contributed by atoms with Gasteiger partial charge in [0.1, 0.15) is 12.6 Å². The molecule has 6 N–H and O–H groups in total. The number of hydrogen-bond acceptors (Lipinski definition) is 6. The number of aliphatic hydroxyl groups is 4. The molecular weight excluding hydrogens is 598 g/mol. The molecule has 0 heterocycles. The van der Waals surface area contributed by atoms with Crippen LogP contribution in [0.4, 0.5) is 0 Å². The molecular formula is C16H52Mo2O6P2Si2+2. The van der Waals surface area contributed by atoms with Gasteiger partial charge in [-0.2, -0.15) is 0 Å². The Hall–Kier alpha value is 2.43. The van der Waals surface area contributed by atoms with Crippen molar-refractivity contribution in [3.63, 3.8) is 0 Å². The van der Waals surface area contributed by atoms with Crippen molar-refractivity contribution in [2.24, 2.45) is 0 Å². The Bertz CT molecular complexity index is 183. The molecule has 0 aliphatic heterocycles. The standard InChI is InChI=1S/2C3H10OSi.2C3H9P.2C2H6O2.2Mo/c2*1-5(2,3)4;2*1-4(2)3;2*1-2(3)4;;/h2*4H,1-3H3;2*1-3H3;2*2-4H,1H3;;/p+2. The molecule has 0 radical (unpaired) electrons. The molecule has 180 valence electrons. The van der Waals surface area contributed by atoms with E-state index in [9.17, 15) is 0 Å². The predicted molar refractivity (Wildman–Crippen MR) is 131 cm³/mol. The molecule has 0 bridgehead atoms. The molecule has 0 atom stereocenters. The summed E-state index contributed by atoms with van der Waals surface area (Å²) in [5.74, 6) is 0. The predicted octanol–water partition coefficient (Wildman–Crippen LogP) is 2.44. The molecule has 28 heavy (non-hydrogen) atoms. The van der Waals surface area contributed by atoms with E-state index in [-0.39, 0.29) is 58.0 Å². The van der Waals surface area contributed by atoms with Crippen LogP contribution in [0.5, 0.6) is 0 Å². The summed E-state index contributed by atoms with van der Waals surface area (Å²) >= 11 is 0. The first-order valence-corrected chi connectivity index (χ1v) is 21.5. The fourth-order valence-electron chi connectivity index (χ4n) is 0. The minimum absolute atomic E-state index is 0. The first-order valence-electron chi connectivity index (χ1n) is 8.63. The van der Waals surface area contributed by atoms with Crippen LogP contribution >= 0.6 is 15.8 Å². The third kappa shape index (κ3) is 3620. The van der Waals surface area contributed by atoms with Crippen molar-refractivity contribution in [1.29, 1.82) is 0 Å². The third-order valence-corrected chi connectivity index (χ3v) is 0. The van der Waals surface area contributed by atoms with Gasteiger partial charge in [0.2, 0.25) is 0 Å². The van der Waals surface area contributed by atoms with Crippen molar-refractivity contribution in [2.75, 3.05) is 40.0 Å². The summed E-state index contributed by atoms with van der Waals surface area (Å²) in [6.07, 6.45) is -2.33. The Balaban J connectivity index is -0.0000000283. The minimum atomic E-state index is -1.61. The summed E-state index contributed by atoms with van der Waals surface area (Å²) in [6, 6.07) is 0. The van der Waals surface area contributed by atoms with Crippen LogP contribution in [-0.4, -0.2) is 99.2 Å². The van der Waals surface area contributed by atoms with Crippen LogP contribution in [-0.2, 0) is 42.1 Å². The van der Waals surface area contributed by atoms with Gasteiger partial charge in [0.15, 0.2) is 16.6 Å². The maximum atomic E-state index is 8.66. The van der Waals surface area contributed by atoms with E-state index >= 15 is 0 Å². The van der Waals surface area contributed by atoms with Gasteiger partial charge < -0.3 is 30.0 Å². The molecule has 0 spiro atoms. The van der Waals surface area contributed by atoms with Crippen LogP contribution < -0.4 is 0 Å². The van der Waals surface area contributed by atoms with E-state index in [0.29, 0.717) is 0 Å². The van der Waals surface area contributed by atoms with Crippen LogP contribution in [0.1, 0.15) is 13.8 Å². The van der Waals surface area contributed by atoms with Crippen molar-refractivity contribution in [2.45, 2.75) is 65.7 Å². The molecule has 0 aliphatic rings. The van der Waals surface area contributed by atoms with E-state index in [0.717, 1.165) is 0 Å². The van der Waals surface area contributed by atoms with Crippen LogP contribution in [0.2, 0.25) is 39.3 Å². The SMILES string of the molecule is CC(O)O.CC(O)O.C[PH+](C)C.C[PH+](C)C.C[Si](C)(C)O.C[Si](C)(C)O.[Mo].[Mo]. The van der Waals surface area contributed by atoms with Crippen LogP contribution in [0, 0.1) is 0 Å². The zero-order valence-corrected chi connectivity index (χ0v) is 28.7. The van der Waals surface area contributed by atoms with E-state index in [1.54, 1.807) is 0 Å². The van der Waals surface area contributed by atoms with Crippen molar-refractivity contribution < 1.29 is 72.1 Å². The second-order valence-corrected chi connectivity index (χ2v) is 23.3. The normalized spacial score (nSPS) is 9.43. The van der Waals surface area contributed by atoms with E-state index < -0.39 is 29.2 Å². The van der Waals surface area contributed by atoms with Gasteiger partial charge in [-0.1, -0.05) is 0 Å². The maximum Gasteiger partial charge on any atom is 0.179 e. The smallest absolute Gasteiger partial charge is 0.179 e. The maximum absolute atomic E-state index is 8.66. The molecule has 0 saturated heterocycles. The number of rotatable bonds is 0. The summed E-state index contributed by atoms with van der Waals surface area (Å²) in [6.45, 7) is 27.5. The van der Waals surface area contributed by atoms with E-state index in [4.69, 9.17) is 30.0 Å². The van der Waals surface area contributed by atoms with Gasteiger partial charge in [0.05, 0.1) is 0 Å². The molecule has 12 heteroatoms. The average Bonchev–Trinajstić information content (AvgIpc) is 2.03. The zero-order chi connectivity index (χ0) is 23.3. The van der Waals surface area contributed by atoms with Crippen LogP contribution in [0.25, 0.3) is 0 Å². The molecule has 0 aromatic heterocycles. The van der Waals surface area contributed by atoms with Gasteiger partial charge in [0.25, 0.3) is 0 Å². The molecule has 0 amide bonds. The van der Waals surface area contributed by atoms with Gasteiger partial charge in [-0.05, 0) is 69.0 Å². The second-order valence-electron chi connectivity index (χ2n) is 8.61. The van der Waals surface area contributed by atoms with Crippen LogP contribution in [0.15, 0.2) is 0 Å². The van der Waals surface area contributed by atoms with Crippen molar-refractivity contribution in [3.05, 3.63) is 0 Å². The van der Waals surface area contributed by atoms with Crippen molar-refractivity contribution in [1.82, 2.24) is 0 Å². The Labute approximate surface area is 209 Å². The average molecular weight is 651 g/mol. The molecule has 0 aromatic carbocycles. The van der Waals surface area contributed by atoms with E-state index in [2.05, 4.69) is 40.0 Å². The molecule has 0 saturated carbocycles. The van der Waals surface area contributed by atoms with Crippen molar-refractivity contribution >= 4 is 32.5 Å². The van der Waals surface area contributed by atoms with Gasteiger partial charge in [-0.25, -0.2) is 0 Å². The Morgan fingerprint density at radius 1 is 0.500 bits per heavy atom. The largest absolute Gasteiger partial charge is 0.433 e. The van der Waals surface area contributed by atoms with Crippen molar-refractivity contribution in [3.8, 4) is 0 Å². The summed E-state index contributed by atoms with van der Waals surface area (Å²) in [4.78, 5) is 17.3. The number of aliphatic hydroxyl groups excluding tert-OH is 2.